The fraction of sp³-hybridized carbons (Fsp3) is 0.600. The molecule has 2 rings (SSSR count). The Morgan fingerprint density at radius 1 is 1.54 bits per heavy atom. The van der Waals surface area contributed by atoms with Crippen molar-refractivity contribution in [1.29, 1.82) is 0 Å². The zero-order valence-electron chi connectivity index (χ0n) is 7.77. The summed E-state index contributed by atoms with van der Waals surface area (Å²) in [5.74, 6) is 0. The standard InChI is InChI=1S/C10H14BrNS/c1-12-7-10(5-2-6-10)8-3-4-9(11)13-8/h3-4,12H,2,5-7H2,1H3. The lowest BCUT2D eigenvalue weighted by molar-refractivity contribution is 0.244. The number of hydrogen-bond acceptors (Lipinski definition) is 2. The van der Waals surface area contributed by atoms with E-state index in [2.05, 4.69) is 33.4 Å². The van der Waals surface area contributed by atoms with Crippen LogP contribution in [0.1, 0.15) is 24.1 Å². The van der Waals surface area contributed by atoms with Crippen LogP contribution in [0.2, 0.25) is 0 Å². The minimum absolute atomic E-state index is 0.464. The predicted molar refractivity (Wildman–Crippen MR) is 61.5 cm³/mol. The van der Waals surface area contributed by atoms with E-state index >= 15 is 0 Å². The fourth-order valence-electron chi connectivity index (χ4n) is 2.05. The first-order chi connectivity index (χ1) is 6.27. The Balaban J connectivity index is 2.21. The Bertz CT molecular complexity index is 291. The molecule has 0 unspecified atom stereocenters. The Morgan fingerprint density at radius 2 is 2.31 bits per heavy atom. The van der Waals surface area contributed by atoms with Gasteiger partial charge in [-0.05, 0) is 48.0 Å². The molecule has 1 saturated carbocycles. The average molecular weight is 260 g/mol. The SMILES string of the molecule is CNCC1(c2ccc(Br)s2)CCC1. The summed E-state index contributed by atoms with van der Waals surface area (Å²) in [4.78, 5) is 1.54. The van der Waals surface area contributed by atoms with E-state index in [9.17, 15) is 0 Å². The first-order valence-electron chi connectivity index (χ1n) is 4.67. The van der Waals surface area contributed by atoms with E-state index in [1.165, 1.54) is 23.0 Å². The summed E-state index contributed by atoms with van der Waals surface area (Å²) in [6.07, 6.45) is 4.08. The molecule has 72 valence electrons. The third-order valence-electron chi connectivity index (χ3n) is 2.92. The lowest BCUT2D eigenvalue weighted by Gasteiger charge is -2.41. The molecule has 1 N–H and O–H groups in total. The Labute approximate surface area is 91.7 Å². The molecular formula is C10H14BrNS. The fourth-order valence-corrected chi connectivity index (χ4v) is 3.68. The van der Waals surface area contributed by atoms with E-state index in [-0.39, 0.29) is 0 Å². The molecule has 3 heteroatoms. The molecule has 1 aliphatic carbocycles. The number of rotatable bonds is 3. The van der Waals surface area contributed by atoms with Crippen LogP contribution in [0.3, 0.4) is 0 Å². The van der Waals surface area contributed by atoms with Crippen molar-refractivity contribution in [2.45, 2.75) is 24.7 Å². The van der Waals surface area contributed by atoms with Crippen molar-refractivity contribution in [2.75, 3.05) is 13.6 Å². The summed E-state index contributed by atoms with van der Waals surface area (Å²) >= 11 is 5.41. The van der Waals surface area contributed by atoms with Crippen LogP contribution in [0, 0.1) is 0 Å². The van der Waals surface area contributed by atoms with Gasteiger partial charge in [0.05, 0.1) is 3.79 Å². The maximum absolute atomic E-state index is 3.53. The summed E-state index contributed by atoms with van der Waals surface area (Å²) < 4.78 is 1.25. The molecule has 13 heavy (non-hydrogen) atoms. The van der Waals surface area contributed by atoms with Crippen molar-refractivity contribution in [2.24, 2.45) is 0 Å². The Kier molecular flexibility index (Phi) is 2.77. The number of nitrogens with one attached hydrogen (secondary N) is 1. The minimum atomic E-state index is 0.464. The van der Waals surface area contributed by atoms with Gasteiger partial charge in [0.25, 0.3) is 0 Å². The van der Waals surface area contributed by atoms with Gasteiger partial charge in [0.15, 0.2) is 0 Å². The predicted octanol–water partition coefficient (Wildman–Crippen LogP) is 3.15. The molecule has 0 aromatic carbocycles. The number of hydrogen-bond donors (Lipinski definition) is 1. The van der Waals surface area contributed by atoms with E-state index < -0.39 is 0 Å². The second-order valence-corrected chi connectivity index (χ2v) is 6.23. The molecule has 0 atom stereocenters. The van der Waals surface area contributed by atoms with Crippen molar-refractivity contribution in [3.05, 3.63) is 20.8 Å². The largest absolute Gasteiger partial charge is 0.319 e. The third-order valence-corrected chi connectivity index (χ3v) is 4.79. The monoisotopic (exact) mass is 259 g/mol. The zero-order valence-corrected chi connectivity index (χ0v) is 10.2. The van der Waals surface area contributed by atoms with Crippen LogP contribution in [0.5, 0.6) is 0 Å². The van der Waals surface area contributed by atoms with Crippen LogP contribution in [-0.4, -0.2) is 13.6 Å². The van der Waals surface area contributed by atoms with Crippen LogP contribution in [0.15, 0.2) is 15.9 Å². The molecular weight excluding hydrogens is 246 g/mol. The molecule has 0 radical (unpaired) electrons. The topological polar surface area (TPSA) is 12.0 Å². The highest BCUT2D eigenvalue weighted by Crippen LogP contribution is 2.46. The number of likely N-dealkylation sites (N-methyl/N-ethyl adjacent to an activating group) is 1. The Morgan fingerprint density at radius 3 is 2.69 bits per heavy atom. The highest BCUT2D eigenvalue weighted by Gasteiger charge is 2.38. The van der Waals surface area contributed by atoms with Crippen LogP contribution in [-0.2, 0) is 5.41 Å². The summed E-state index contributed by atoms with van der Waals surface area (Å²) in [6.45, 7) is 1.12. The van der Waals surface area contributed by atoms with E-state index in [0.29, 0.717) is 5.41 Å². The van der Waals surface area contributed by atoms with Gasteiger partial charge in [0, 0.05) is 16.8 Å². The van der Waals surface area contributed by atoms with Crippen LogP contribution >= 0.6 is 27.3 Å². The molecule has 0 amide bonds. The van der Waals surface area contributed by atoms with Gasteiger partial charge in [-0.2, -0.15) is 0 Å². The molecule has 1 heterocycles. The molecule has 0 aliphatic heterocycles. The van der Waals surface area contributed by atoms with Crippen molar-refractivity contribution >= 4 is 27.3 Å². The van der Waals surface area contributed by atoms with Gasteiger partial charge in [0.1, 0.15) is 0 Å². The summed E-state index contributed by atoms with van der Waals surface area (Å²) in [7, 11) is 2.04. The smallest absolute Gasteiger partial charge is 0.0701 e. The third kappa shape index (κ3) is 1.69. The second-order valence-electron chi connectivity index (χ2n) is 3.77. The molecule has 1 aromatic rings. The van der Waals surface area contributed by atoms with Crippen molar-refractivity contribution in [3.63, 3.8) is 0 Å². The van der Waals surface area contributed by atoms with Crippen LogP contribution in [0.4, 0.5) is 0 Å². The average Bonchev–Trinajstić information content (AvgIpc) is 2.44. The minimum Gasteiger partial charge on any atom is -0.319 e. The van der Waals surface area contributed by atoms with Gasteiger partial charge in [-0.3, -0.25) is 0 Å². The first-order valence-corrected chi connectivity index (χ1v) is 6.28. The van der Waals surface area contributed by atoms with Gasteiger partial charge >= 0.3 is 0 Å². The zero-order chi connectivity index (χ0) is 9.31. The van der Waals surface area contributed by atoms with Crippen molar-refractivity contribution in [3.8, 4) is 0 Å². The highest BCUT2D eigenvalue weighted by atomic mass is 79.9. The summed E-state index contributed by atoms with van der Waals surface area (Å²) in [5.41, 5.74) is 0.464. The van der Waals surface area contributed by atoms with Crippen LogP contribution in [0.25, 0.3) is 0 Å². The molecule has 0 spiro atoms. The maximum atomic E-state index is 3.53. The maximum Gasteiger partial charge on any atom is 0.0701 e. The normalized spacial score (nSPS) is 19.8. The van der Waals surface area contributed by atoms with Crippen LogP contribution < -0.4 is 5.32 Å². The molecule has 1 aromatic heterocycles. The molecule has 0 bridgehead atoms. The van der Waals surface area contributed by atoms with Gasteiger partial charge in [-0.15, -0.1) is 11.3 Å². The molecule has 1 nitrogen and oxygen atoms in total. The van der Waals surface area contributed by atoms with Gasteiger partial charge in [-0.1, -0.05) is 6.42 Å². The lowest BCUT2D eigenvalue weighted by Crippen LogP contribution is -2.42. The molecule has 0 saturated heterocycles. The quantitative estimate of drug-likeness (QED) is 0.880. The summed E-state index contributed by atoms with van der Waals surface area (Å²) in [6, 6.07) is 4.43. The highest BCUT2D eigenvalue weighted by molar-refractivity contribution is 9.11. The lowest BCUT2D eigenvalue weighted by atomic mass is 9.68. The van der Waals surface area contributed by atoms with E-state index in [1.54, 1.807) is 4.88 Å². The van der Waals surface area contributed by atoms with Gasteiger partial charge in [0.2, 0.25) is 0 Å². The molecule has 1 aliphatic rings. The summed E-state index contributed by atoms with van der Waals surface area (Å²) in [5, 5.41) is 3.31. The Hall–Kier alpha value is 0.140. The van der Waals surface area contributed by atoms with Gasteiger partial charge in [-0.25, -0.2) is 0 Å². The number of halogens is 1. The van der Waals surface area contributed by atoms with E-state index in [1.807, 2.05) is 18.4 Å². The second kappa shape index (κ2) is 3.71. The first kappa shape index (κ1) is 9.69. The molecule has 1 fully saturated rings. The number of thiophene rings is 1. The van der Waals surface area contributed by atoms with Gasteiger partial charge < -0.3 is 5.32 Å². The van der Waals surface area contributed by atoms with Crippen molar-refractivity contribution < 1.29 is 0 Å². The van der Waals surface area contributed by atoms with Crippen molar-refractivity contribution in [1.82, 2.24) is 5.32 Å². The van der Waals surface area contributed by atoms with E-state index in [4.69, 9.17) is 0 Å². The van der Waals surface area contributed by atoms with E-state index in [0.717, 1.165) is 6.54 Å².